The lowest BCUT2D eigenvalue weighted by Gasteiger charge is -2.17. The number of aryl methyl sites for hydroxylation is 4. The molecule has 0 saturated carbocycles. The van der Waals surface area contributed by atoms with Gasteiger partial charge in [0.25, 0.3) is 5.56 Å². The lowest BCUT2D eigenvalue weighted by Crippen LogP contribution is -2.22. The fourth-order valence-corrected chi connectivity index (χ4v) is 4.12. The summed E-state index contributed by atoms with van der Waals surface area (Å²) in [6.45, 7) is 12.2. The monoisotopic (exact) mass is 488 g/mol. The van der Waals surface area contributed by atoms with E-state index in [2.05, 4.69) is 23.8 Å². The predicted molar refractivity (Wildman–Crippen MR) is 140 cm³/mol. The molecule has 0 radical (unpaired) electrons. The fraction of sp³-hybridized carbons (Fsp3) is 0.286. The summed E-state index contributed by atoms with van der Waals surface area (Å²) in [6, 6.07) is 11.7. The van der Waals surface area contributed by atoms with E-state index in [0.29, 0.717) is 29.4 Å². The van der Waals surface area contributed by atoms with Crippen LogP contribution < -0.4 is 10.3 Å². The average molecular weight is 489 g/mol. The first-order valence-corrected chi connectivity index (χ1v) is 11.9. The van der Waals surface area contributed by atoms with Crippen molar-refractivity contribution in [1.82, 2.24) is 19.5 Å². The minimum absolute atomic E-state index is 0.0429. The zero-order chi connectivity index (χ0) is 25.3. The Bertz CT molecular complexity index is 1460. The van der Waals surface area contributed by atoms with Crippen molar-refractivity contribution < 1.29 is 4.74 Å². The Labute approximate surface area is 210 Å². The number of hydrogen-bond acceptors (Lipinski definition) is 5. The standard InChI is InChI=1S/C28H29ClN4O2/c1-16(2)27-31-14-19(5)26(32-27)22-12-23(18(4)13-30-22)33-20(6)11-24(25(29)28(33)34)35-15-21-9-7-8-17(3)10-21/h7-14,16H,15H2,1-6H3. The lowest BCUT2D eigenvalue weighted by atomic mass is 10.1. The van der Waals surface area contributed by atoms with Crippen molar-refractivity contribution in [2.75, 3.05) is 0 Å². The molecule has 0 bridgehead atoms. The molecule has 0 aliphatic rings. The first-order chi connectivity index (χ1) is 16.7. The van der Waals surface area contributed by atoms with Gasteiger partial charge in [0.2, 0.25) is 0 Å². The summed E-state index contributed by atoms with van der Waals surface area (Å²) < 4.78 is 7.53. The van der Waals surface area contributed by atoms with Gasteiger partial charge in [-0.2, -0.15) is 0 Å². The van der Waals surface area contributed by atoms with Gasteiger partial charge in [-0.25, -0.2) is 9.97 Å². The molecule has 7 heteroatoms. The van der Waals surface area contributed by atoms with Crippen LogP contribution in [-0.2, 0) is 6.61 Å². The maximum atomic E-state index is 13.4. The topological polar surface area (TPSA) is 69.9 Å². The van der Waals surface area contributed by atoms with Crippen LogP contribution in [0.25, 0.3) is 17.1 Å². The molecule has 0 amide bonds. The highest BCUT2D eigenvalue weighted by Crippen LogP contribution is 2.28. The van der Waals surface area contributed by atoms with Gasteiger partial charge in [-0.05, 0) is 50.5 Å². The normalized spacial score (nSPS) is 11.2. The molecule has 3 heterocycles. The summed E-state index contributed by atoms with van der Waals surface area (Å²) in [4.78, 5) is 27.2. The number of halogens is 1. The quantitative estimate of drug-likeness (QED) is 0.319. The second kappa shape index (κ2) is 10.0. The van der Waals surface area contributed by atoms with Crippen molar-refractivity contribution in [3.8, 4) is 22.8 Å². The number of rotatable bonds is 6. The minimum atomic E-state index is -0.339. The Kier molecular flexibility index (Phi) is 7.03. The van der Waals surface area contributed by atoms with Gasteiger partial charge in [0, 0.05) is 30.1 Å². The second-order valence-electron chi connectivity index (χ2n) is 9.15. The van der Waals surface area contributed by atoms with E-state index in [1.165, 1.54) is 0 Å². The van der Waals surface area contributed by atoms with E-state index in [1.807, 2.05) is 64.2 Å². The summed E-state index contributed by atoms with van der Waals surface area (Å²) in [5.41, 5.74) is 6.42. The molecule has 0 aliphatic heterocycles. The van der Waals surface area contributed by atoms with Gasteiger partial charge in [0.1, 0.15) is 23.2 Å². The van der Waals surface area contributed by atoms with E-state index >= 15 is 0 Å². The molecule has 0 spiro atoms. The molecule has 0 N–H and O–H groups in total. The molecule has 180 valence electrons. The van der Waals surface area contributed by atoms with Crippen LogP contribution in [0.5, 0.6) is 5.75 Å². The van der Waals surface area contributed by atoms with E-state index in [4.69, 9.17) is 21.3 Å². The summed E-state index contributed by atoms with van der Waals surface area (Å²) in [6.07, 6.45) is 3.57. The summed E-state index contributed by atoms with van der Waals surface area (Å²) in [5, 5.41) is 0.0429. The Morgan fingerprint density at radius 2 is 1.74 bits per heavy atom. The van der Waals surface area contributed by atoms with Crippen molar-refractivity contribution in [3.05, 3.63) is 97.9 Å². The van der Waals surface area contributed by atoms with Crippen LogP contribution in [0.2, 0.25) is 5.02 Å². The highest BCUT2D eigenvalue weighted by Gasteiger charge is 2.18. The van der Waals surface area contributed by atoms with Crippen LogP contribution in [0.3, 0.4) is 0 Å². The zero-order valence-corrected chi connectivity index (χ0v) is 21.6. The van der Waals surface area contributed by atoms with E-state index in [1.54, 1.807) is 16.8 Å². The third kappa shape index (κ3) is 5.13. The Balaban J connectivity index is 1.75. The van der Waals surface area contributed by atoms with Gasteiger partial charge in [0.05, 0.1) is 17.1 Å². The van der Waals surface area contributed by atoms with E-state index < -0.39 is 0 Å². The molecule has 4 rings (SSSR count). The van der Waals surface area contributed by atoms with Gasteiger partial charge in [-0.15, -0.1) is 0 Å². The molecule has 3 aromatic heterocycles. The molecule has 0 atom stereocenters. The number of ether oxygens (including phenoxy) is 1. The molecule has 0 fully saturated rings. The Morgan fingerprint density at radius 3 is 2.46 bits per heavy atom. The first kappa shape index (κ1) is 24.6. The van der Waals surface area contributed by atoms with Crippen LogP contribution >= 0.6 is 11.6 Å². The lowest BCUT2D eigenvalue weighted by molar-refractivity contribution is 0.305. The van der Waals surface area contributed by atoms with E-state index in [-0.39, 0.29) is 16.5 Å². The van der Waals surface area contributed by atoms with Crippen LogP contribution in [0.15, 0.2) is 53.6 Å². The minimum Gasteiger partial charge on any atom is -0.487 e. The number of benzene rings is 1. The average Bonchev–Trinajstić information content (AvgIpc) is 2.82. The highest BCUT2D eigenvalue weighted by atomic mass is 35.5. The van der Waals surface area contributed by atoms with Gasteiger partial charge in [-0.3, -0.25) is 14.3 Å². The third-order valence-corrected chi connectivity index (χ3v) is 6.19. The van der Waals surface area contributed by atoms with E-state index in [0.717, 1.165) is 33.8 Å². The predicted octanol–water partition coefficient (Wildman–Crippen LogP) is 6.28. The van der Waals surface area contributed by atoms with Crippen molar-refractivity contribution in [2.45, 2.75) is 54.1 Å². The molecular formula is C28H29ClN4O2. The number of aromatic nitrogens is 4. The zero-order valence-electron chi connectivity index (χ0n) is 20.9. The SMILES string of the molecule is Cc1cccc(COc2cc(C)n(-c3cc(-c4nc(C(C)C)ncc4C)ncc3C)c(=O)c2Cl)c1. The second-order valence-corrected chi connectivity index (χ2v) is 9.53. The highest BCUT2D eigenvalue weighted by molar-refractivity contribution is 6.31. The molecule has 35 heavy (non-hydrogen) atoms. The van der Waals surface area contributed by atoms with Gasteiger partial charge >= 0.3 is 0 Å². The van der Waals surface area contributed by atoms with Crippen LogP contribution in [0, 0.1) is 27.7 Å². The van der Waals surface area contributed by atoms with Crippen molar-refractivity contribution in [2.24, 2.45) is 0 Å². The maximum absolute atomic E-state index is 13.4. The van der Waals surface area contributed by atoms with Crippen LogP contribution in [0.4, 0.5) is 0 Å². The molecule has 1 aromatic carbocycles. The third-order valence-electron chi connectivity index (χ3n) is 5.84. The molecule has 4 aromatic rings. The fourth-order valence-electron chi connectivity index (χ4n) is 3.93. The largest absolute Gasteiger partial charge is 0.487 e. The Morgan fingerprint density at radius 1 is 1.00 bits per heavy atom. The molecule has 0 aliphatic carbocycles. The molecule has 0 unspecified atom stereocenters. The number of hydrogen-bond donors (Lipinski definition) is 0. The van der Waals surface area contributed by atoms with E-state index in [9.17, 15) is 4.79 Å². The van der Waals surface area contributed by atoms with Gasteiger partial charge in [-0.1, -0.05) is 55.3 Å². The molecule has 0 saturated heterocycles. The van der Waals surface area contributed by atoms with Crippen molar-refractivity contribution in [1.29, 1.82) is 0 Å². The Hall–Kier alpha value is -3.51. The maximum Gasteiger partial charge on any atom is 0.277 e. The number of pyridine rings is 2. The van der Waals surface area contributed by atoms with Gasteiger partial charge < -0.3 is 4.74 Å². The van der Waals surface area contributed by atoms with Crippen LogP contribution in [0.1, 0.15) is 53.5 Å². The smallest absolute Gasteiger partial charge is 0.277 e. The number of nitrogens with zero attached hydrogens (tertiary/aromatic N) is 4. The first-order valence-electron chi connectivity index (χ1n) is 11.6. The summed E-state index contributed by atoms with van der Waals surface area (Å²) >= 11 is 6.51. The summed E-state index contributed by atoms with van der Waals surface area (Å²) in [7, 11) is 0. The van der Waals surface area contributed by atoms with Crippen molar-refractivity contribution in [3.63, 3.8) is 0 Å². The van der Waals surface area contributed by atoms with Crippen LogP contribution in [-0.4, -0.2) is 19.5 Å². The van der Waals surface area contributed by atoms with Crippen molar-refractivity contribution >= 4 is 11.6 Å². The summed E-state index contributed by atoms with van der Waals surface area (Å²) in [5.74, 6) is 1.31. The molecule has 6 nitrogen and oxygen atoms in total. The van der Waals surface area contributed by atoms with Gasteiger partial charge in [0.15, 0.2) is 0 Å². The molecular weight excluding hydrogens is 460 g/mol.